The Balaban J connectivity index is 1.61. The predicted octanol–water partition coefficient (Wildman–Crippen LogP) is 4.56. The van der Waals surface area contributed by atoms with E-state index in [4.69, 9.17) is 23.2 Å². The van der Waals surface area contributed by atoms with E-state index in [0.717, 1.165) is 12.0 Å². The normalized spacial score (nSPS) is 16.5. The molecule has 2 aromatic carbocycles. The van der Waals surface area contributed by atoms with Crippen molar-refractivity contribution in [2.24, 2.45) is 0 Å². The van der Waals surface area contributed by atoms with E-state index in [1.807, 2.05) is 30.3 Å². The van der Waals surface area contributed by atoms with Crippen molar-refractivity contribution < 1.29 is 9.59 Å². The molecule has 1 N–H and O–H groups in total. The minimum atomic E-state index is -0.448. The summed E-state index contributed by atoms with van der Waals surface area (Å²) in [5.74, 6) is -0.190. The van der Waals surface area contributed by atoms with E-state index in [1.54, 1.807) is 23.1 Å². The average molecular weight is 391 g/mol. The number of halogens is 2. The molecule has 2 amide bonds. The molecule has 26 heavy (non-hydrogen) atoms. The number of rotatable bonds is 5. The van der Waals surface area contributed by atoms with E-state index < -0.39 is 6.04 Å². The lowest BCUT2D eigenvalue weighted by atomic mass is 10.1. The van der Waals surface area contributed by atoms with E-state index in [2.05, 4.69) is 5.32 Å². The number of aryl methyl sites for hydroxylation is 1. The lowest BCUT2D eigenvalue weighted by Crippen LogP contribution is -2.43. The first-order chi connectivity index (χ1) is 12.5. The number of amides is 2. The van der Waals surface area contributed by atoms with E-state index >= 15 is 0 Å². The van der Waals surface area contributed by atoms with Crippen LogP contribution in [0.25, 0.3) is 0 Å². The van der Waals surface area contributed by atoms with Gasteiger partial charge in [-0.05, 0) is 43.0 Å². The van der Waals surface area contributed by atoms with Crippen LogP contribution >= 0.6 is 23.2 Å². The summed E-state index contributed by atoms with van der Waals surface area (Å²) in [6, 6.07) is 14.3. The number of likely N-dealkylation sites (tertiary alicyclic amines) is 1. The maximum atomic E-state index is 12.6. The van der Waals surface area contributed by atoms with Crippen LogP contribution in [0.5, 0.6) is 0 Å². The number of anilines is 1. The molecule has 0 spiro atoms. The van der Waals surface area contributed by atoms with Crippen molar-refractivity contribution in [1.29, 1.82) is 0 Å². The zero-order valence-corrected chi connectivity index (χ0v) is 15.8. The molecule has 1 unspecified atom stereocenters. The summed E-state index contributed by atoms with van der Waals surface area (Å²) in [5.41, 5.74) is 1.66. The van der Waals surface area contributed by atoms with E-state index in [1.165, 1.54) is 0 Å². The molecule has 0 saturated carbocycles. The minimum absolute atomic E-state index is 0.00984. The molecule has 6 heteroatoms. The van der Waals surface area contributed by atoms with Gasteiger partial charge in [0.1, 0.15) is 6.04 Å². The maximum Gasteiger partial charge on any atom is 0.247 e. The highest BCUT2D eigenvalue weighted by molar-refractivity contribution is 6.35. The molecule has 1 atom stereocenters. The molecular weight excluding hydrogens is 371 g/mol. The quantitative estimate of drug-likeness (QED) is 0.813. The van der Waals surface area contributed by atoms with Crippen molar-refractivity contribution in [2.75, 3.05) is 11.9 Å². The van der Waals surface area contributed by atoms with Gasteiger partial charge >= 0.3 is 0 Å². The van der Waals surface area contributed by atoms with Gasteiger partial charge in [0.25, 0.3) is 0 Å². The van der Waals surface area contributed by atoms with Crippen LogP contribution in [0.2, 0.25) is 10.0 Å². The molecule has 0 radical (unpaired) electrons. The van der Waals surface area contributed by atoms with Gasteiger partial charge in [-0.15, -0.1) is 0 Å². The number of hydrogen-bond donors (Lipinski definition) is 1. The van der Waals surface area contributed by atoms with Gasteiger partial charge in [0.2, 0.25) is 11.8 Å². The first kappa shape index (κ1) is 18.7. The van der Waals surface area contributed by atoms with Crippen molar-refractivity contribution in [2.45, 2.75) is 31.7 Å². The monoisotopic (exact) mass is 390 g/mol. The number of carbonyl (C=O) groups is 2. The fourth-order valence-electron chi connectivity index (χ4n) is 3.23. The fraction of sp³-hybridized carbons (Fsp3) is 0.300. The summed E-state index contributed by atoms with van der Waals surface area (Å²) in [4.78, 5) is 26.9. The van der Waals surface area contributed by atoms with Gasteiger partial charge in [0.15, 0.2) is 0 Å². The van der Waals surface area contributed by atoms with Crippen molar-refractivity contribution in [3.05, 3.63) is 64.1 Å². The summed E-state index contributed by atoms with van der Waals surface area (Å²) < 4.78 is 0. The maximum absolute atomic E-state index is 12.6. The van der Waals surface area contributed by atoms with Crippen molar-refractivity contribution >= 4 is 40.7 Å². The van der Waals surface area contributed by atoms with Crippen LogP contribution in [-0.4, -0.2) is 29.3 Å². The van der Waals surface area contributed by atoms with Crippen LogP contribution in [0.4, 0.5) is 5.69 Å². The van der Waals surface area contributed by atoms with E-state index in [-0.39, 0.29) is 11.8 Å². The summed E-state index contributed by atoms with van der Waals surface area (Å²) in [6.07, 6.45) is 2.56. The lowest BCUT2D eigenvalue weighted by molar-refractivity contribution is -0.136. The summed E-state index contributed by atoms with van der Waals surface area (Å²) in [5, 5.41) is 3.73. The molecule has 0 aliphatic carbocycles. The Morgan fingerprint density at radius 2 is 1.77 bits per heavy atom. The molecule has 1 fully saturated rings. The van der Waals surface area contributed by atoms with Gasteiger partial charge < -0.3 is 10.2 Å². The van der Waals surface area contributed by atoms with Crippen LogP contribution in [-0.2, 0) is 16.0 Å². The van der Waals surface area contributed by atoms with Crippen molar-refractivity contribution in [3.63, 3.8) is 0 Å². The third-order valence-electron chi connectivity index (χ3n) is 4.48. The van der Waals surface area contributed by atoms with Crippen LogP contribution < -0.4 is 5.32 Å². The Kier molecular flexibility index (Phi) is 6.17. The topological polar surface area (TPSA) is 49.4 Å². The number of benzene rings is 2. The summed E-state index contributed by atoms with van der Waals surface area (Å²) >= 11 is 11.9. The minimum Gasteiger partial charge on any atom is -0.331 e. The molecule has 1 aliphatic rings. The summed E-state index contributed by atoms with van der Waals surface area (Å²) in [7, 11) is 0. The first-order valence-electron chi connectivity index (χ1n) is 8.63. The highest BCUT2D eigenvalue weighted by atomic mass is 35.5. The second-order valence-electron chi connectivity index (χ2n) is 6.38. The number of carbonyl (C=O) groups excluding carboxylic acids is 2. The van der Waals surface area contributed by atoms with Crippen LogP contribution in [0, 0.1) is 0 Å². The number of hydrogen-bond acceptors (Lipinski definition) is 2. The molecule has 3 rings (SSSR count). The molecule has 136 valence electrons. The second kappa shape index (κ2) is 8.56. The first-order valence-corrected chi connectivity index (χ1v) is 9.39. The van der Waals surface area contributed by atoms with Gasteiger partial charge in [0.05, 0.1) is 0 Å². The van der Waals surface area contributed by atoms with Crippen LogP contribution in [0.1, 0.15) is 24.8 Å². The van der Waals surface area contributed by atoms with Crippen molar-refractivity contribution in [3.8, 4) is 0 Å². The largest absolute Gasteiger partial charge is 0.331 e. The van der Waals surface area contributed by atoms with Crippen LogP contribution in [0.15, 0.2) is 48.5 Å². The zero-order chi connectivity index (χ0) is 18.5. The van der Waals surface area contributed by atoms with Gasteiger partial charge in [-0.25, -0.2) is 0 Å². The Morgan fingerprint density at radius 1 is 1.08 bits per heavy atom. The Bertz CT molecular complexity index is 775. The molecule has 0 bridgehead atoms. The van der Waals surface area contributed by atoms with Crippen molar-refractivity contribution in [1.82, 2.24) is 4.90 Å². The van der Waals surface area contributed by atoms with Gasteiger partial charge in [0, 0.05) is 28.7 Å². The highest BCUT2D eigenvalue weighted by Gasteiger charge is 2.33. The summed E-state index contributed by atoms with van der Waals surface area (Å²) in [6.45, 7) is 0.613. The molecule has 2 aromatic rings. The van der Waals surface area contributed by atoms with E-state index in [9.17, 15) is 9.59 Å². The highest BCUT2D eigenvalue weighted by Crippen LogP contribution is 2.25. The molecular formula is C20H20Cl2N2O2. The predicted molar refractivity (Wildman–Crippen MR) is 105 cm³/mol. The molecule has 0 aromatic heterocycles. The van der Waals surface area contributed by atoms with E-state index in [0.29, 0.717) is 41.5 Å². The second-order valence-corrected chi connectivity index (χ2v) is 7.25. The molecule has 1 heterocycles. The lowest BCUT2D eigenvalue weighted by Gasteiger charge is -2.24. The third-order valence-corrected chi connectivity index (χ3v) is 4.91. The fourth-order valence-corrected chi connectivity index (χ4v) is 3.75. The Labute approximate surface area is 163 Å². The molecule has 1 aliphatic heterocycles. The van der Waals surface area contributed by atoms with Gasteiger partial charge in [-0.2, -0.15) is 0 Å². The standard InChI is InChI=1S/C20H20Cl2N2O2/c21-15-11-16(22)13-17(12-15)23-20(26)18-7-4-10-24(18)19(25)9-8-14-5-2-1-3-6-14/h1-3,5-6,11-13,18H,4,7-10H2,(H,23,26). The number of nitrogens with one attached hydrogen (secondary N) is 1. The molecule has 1 saturated heterocycles. The van der Waals surface area contributed by atoms with Gasteiger partial charge in [-0.3, -0.25) is 9.59 Å². The smallest absolute Gasteiger partial charge is 0.247 e. The third kappa shape index (κ3) is 4.77. The number of nitrogens with zero attached hydrogens (tertiary/aromatic N) is 1. The molecule has 4 nitrogen and oxygen atoms in total. The Morgan fingerprint density at radius 3 is 2.46 bits per heavy atom. The average Bonchev–Trinajstić information content (AvgIpc) is 3.09. The zero-order valence-electron chi connectivity index (χ0n) is 14.3. The van der Waals surface area contributed by atoms with Crippen LogP contribution in [0.3, 0.4) is 0 Å². The Hall–Kier alpha value is -2.04. The van der Waals surface area contributed by atoms with Gasteiger partial charge in [-0.1, -0.05) is 53.5 Å². The SMILES string of the molecule is O=C(Nc1cc(Cl)cc(Cl)c1)C1CCCN1C(=O)CCc1ccccc1.